The molecule has 5 rings (SSSR count). The second-order valence-electron chi connectivity index (χ2n) is 6.50. The quantitative estimate of drug-likeness (QED) is 0.573. The van der Waals surface area contributed by atoms with Crippen LogP contribution >= 0.6 is 0 Å². The molecular formula is C24H16N2O2. The van der Waals surface area contributed by atoms with Crippen molar-refractivity contribution in [3.05, 3.63) is 108 Å². The first-order valence-electron chi connectivity index (χ1n) is 8.89. The van der Waals surface area contributed by atoms with Crippen LogP contribution < -0.4 is 0 Å². The Morgan fingerprint density at radius 2 is 0.929 bits per heavy atom. The topological polar surface area (TPSA) is 43.2 Å². The van der Waals surface area contributed by atoms with Crippen molar-refractivity contribution in [3.63, 3.8) is 0 Å². The molecule has 0 aromatic heterocycles. The van der Waals surface area contributed by atoms with Crippen LogP contribution in [0.25, 0.3) is 11.5 Å². The molecule has 0 unspecified atom stereocenters. The smallest absolute Gasteiger partial charge is 0.227 e. The van der Waals surface area contributed by atoms with Gasteiger partial charge in [0.05, 0.1) is 11.4 Å². The maximum absolute atomic E-state index is 5.83. The number of ether oxygens (including phenoxy) is 2. The molecule has 0 atom stereocenters. The van der Waals surface area contributed by atoms with Crippen molar-refractivity contribution < 1.29 is 9.47 Å². The predicted octanol–water partition coefficient (Wildman–Crippen LogP) is 5.85. The molecule has 2 aliphatic heterocycles. The molecule has 2 aliphatic rings. The predicted molar refractivity (Wildman–Crippen MR) is 112 cm³/mol. The zero-order valence-electron chi connectivity index (χ0n) is 15.1. The zero-order valence-corrected chi connectivity index (χ0v) is 15.1. The molecule has 0 saturated heterocycles. The molecule has 0 bridgehead atoms. The minimum absolute atomic E-state index is 0.525. The SMILES string of the molecule is C=C1OC(c2ccc(C3=Nc4ccccc4C(=C)O3)cc2)=Nc2ccccc21. The molecule has 0 fully saturated rings. The fourth-order valence-electron chi connectivity index (χ4n) is 3.22. The second kappa shape index (κ2) is 6.35. The molecule has 3 aromatic rings. The molecule has 0 spiro atoms. The lowest BCUT2D eigenvalue weighted by Crippen LogP contribution is -2.12. The van der Waals surface area contributed by atoms with Crippen LogP contribution in [0.5, 0.6) is 0 Å². The molecule has 0 amide bonds. The van der Waals surface area contributed by atoms with Gasteiger partial charge in [-0.1, -0.05) is 37.4 Å². The Hall–Kier alpha value is -3.92. The summed E-state index contributed by atoms with van der Waals surface area (Å²) >= 11 is 0. The minimum Gasteiger partial charge on any atom is -0.438 e. The van der Waals surface area contributed by atoms with Gasteiger partial charge in [-0.3, -0.25) is 0 Å². The molecule has 28 heavy (non-hydrogen) atoms. The normalized spacial score (nSPS) is 14.9. The van der Waals surface area contributed by atoms with Gasteiger partial charge in [-0.25, -0.2) is 9.98 Å². The van der Waals surface area contributed by atoms with Gasteiger partial charge in [-0.15, -0.1) is 0 Å². The third-order valence-corrected chi connectivity index (χ3v) is 4.67. The molecular weight excluding hydrogens is 348 g/mol. The fourth-order valence-corrected chi connectivity index (χ4v) is 3.22. The molecule has 4 heteroatoms. The van der Waals surface area contributed by atoms with Gasteiger partial charge in [-0.2, -0.15) is 0 Å². The van der Waals surface area contributed by atoms with Gasteiger partial charge in [0.1, 0.15) is 11.5 Å². The Balaban J connectivity index is 1.48. The second-order valence-corrected chi connectivity index (χ2v) is 6.50. The highest BCUT2D eigenvalue weighted by Gasteiger charge is 2.20. The van der Waals surface area contributed by atoms with E-state index in [-0.39, 0.29) is 0 Å². The summed E-state index contributed by atoms with van der Waals surface area (Å²) in [5.74, 6) is 2.24. The highest BCUT2D eigenvalue weighted by atomic mass is 16.5. The van der Waals surface area contributed by atoms with Crippen molar-refractivity contribution in [2.45, 2.75) is 0 Å². The lowest BCUT2D eigenvalue weighted by atomic mass is 10.1. The molecule has 3 aromatic carbocycles. The van der Waals surface area contributed by atoms with Crippen LogP contribution in [0, 0.1) is 0 Å². The highest BCUT2D eigenvalue weighted by Crippen LogP contribution is 2.34. The summed E-state index contributed by atoms with van der Waals surface area (Å²) in [6.07, 6.45) is 0. The van der Waals surface area contributed by atoms with Crippen LogP contribution in [0.4, 0.5) is 11.4 Å². The maximum Gasteiger partial charge on any atom is 0.227 e. The van der Waals surface area contributed by atoms with Crippen molar-refractivity contribution in [1.82, 2.24) is 0 Å². The number of hydrogen-bond donors (Lipinski definition) is 0. The van der Waals surface area contributed by atoms with Crippen LogP contribution in [0.3, 0.4) is 0 Å². The molecule has 0 radical (unpaired) electrons. The summed E-state index contributed by atoms with van der Waals surface area (Å²) in [6, 6.07) is 23.3. The summed E-state index contributed by atoms with van der Waals surface area (Å²) in [5.41, 5.74) is 5.23. The fraction of sp³-hybridized carbons (Fsp3) is 0. The van der Waals surface area contributed by atoms with Gasteiger partial charge >= 0.3 is 0 Å². The molecule has 134 valence electrons. The van der Waals surface area contributed by atoms with Crippen LogP contribution in [0.1, 0.15) is 22.3 Å². The van der Waals surface area contributed by atoms with E-state index in [0.29, 0.717) is 23.3 Å². The Kier molecular flexibility index (Phi) is 3.69. The van der Waals surface area contributed by atoms with Crippen molar-refractivity contribution in [1.29, 1.82) is 0 Å². The van der Waals surface area contributed by atoms with Gasteiger partial charge < -0.3 is 9.47 Å². The number of benzene rings is 3. The van der Waals surface area contributed by atoms with E-state index in [2.05, 4.69) is 23.1 Å². The van der Waals surface area contributed by atoms with Gasteiger partial charge in [0.25, 0.3) is 0 Å². The minimum atomic E-state index is 0.525. The van der Waals surface area contributed by atoms with E-state index in [1.807, 2.05) is 72.8 Å². The zero-order chi connectivity index (χ0) is 19.1. The average molecular weight is 364 g/mol. The van der Waals surface area contributed by atoms with Gasteiger partial charge in [-0.05, 0) is 48.5 Å². The number of rotatable bonds is 2. The van der Waals surface area contributed by atoms with Crippen LogP contribution in [0.15, 0.2) is 95.9 Å². The van der Waals surface area contributed by atoms with E-state index >= 15 is 0 Å². The Labute approximate surface area is 162 Å². The summed E-state index contributed by atoms with van der Waals surface area (Å²) < 4.78 is 11.7. The van der Waals surface area contributed by atoms with Crippen LogP contribution in [-0.4, -0.2) is 11.8 Å². The Bertz CT molecular complexity index is 1090. The van der Waals surface area contributed by atoms with Crippen molar-refractivity contribution >= 4 is 34.7 Å². The molecule has 0 N–H and O–H groups in total. The van der Waals surface area contributed by atoms with E-state index in [4.69, 9.17) is 9.47 Å². The average Bonchev–Trinajstić information content (AvgIpc) is 2.74. The first-order chi connectivity index (χ1) is 13.7. The number of aliphatic imine (C=N–C) groups is 2. The summed E-state index contributed by atoms with van der Waals surface area (Å²) in [6.45, 7) is 8.00. The van der Waals surface area contributed by atoms with Gasteiger partial charge in [0, 0.05) is 22.3 Å². The largest absolute Gasteiger partial charge is 0.438 e. The number of para-hydroxylation sites is 2. The van der Waals surface area contributed by atoms with E-state index in [9.17, 15) is 0 Å². The first-order valence-corrected chi connectivity index (χ1v) is 8.89. The molecule has 0 aliphatic carbocycles. The lowest BCUT2D eigenvalue weighted by molar-refractivity contribution is 0.503. The summed E-state index contributed by atoms with van der Waals surface area (Å²) in [7, 11) is 0. The number of nitrogens with zero attached hydrogens (tertiary/aromatic N) is 2. The van der Waals surface area contributed by atoms with Crippen molar-refractivity contribution in [3.8, 4) is 0 Å². The van der Waals surface area contributed by atoms with E-state index in [0.717, 1.165) is 33.6 Å². The van der Waals surface area contributed by atoms with E-state index < -0.39 is 0 Å². The first kappa shape index (κ1) is 16.3. The highest BCUT2D eigenvalue weighted by molar-refractivity contribution is 6.04. The standard InChI is InChI=1S/C24H16N2O2/c1-15-19-7-3-5-9-21(19)25-23(27-15)17-11-13-18(14-12-17)24-26-22-10-6-4-8-20(22)16(2)28-24/h3-14H,1-2H2. The van der Waals surface area contributed by atoms with Crippen LogP contribution in [-0.2, 0) is 9.47 Å². The lowest BCUT2D eigenvalue weighted by Gasteiger charge is -2.20. The van der Waals surface area contributed by atoms with E-state index in [1.165, 1.54) is 0 Å². The Morgan fingerprint density at radius 1 is 0.536 bits per heavy atom. The van der Waals surface area contributed by atoms with Gasteiger partial charge in [0.15, 0.2) is 0 Å². The third kappa shape index (κ3) is 2.72. The van der Waals surface area contributed by atoms with E-state index in [1.54, 1.807) is 0 Å². The van der Waals surface area contributed by atoms with Crippen molar-refractivity contribution in [2.75, 3.05) is 0 Å². The number of fused-ring (bicyclic) bond motifs is 2. The summed E-state index contributed by atoms with van der Waals surface area (Å²) in [5, 5.41) is 0. The monoisotopic (exact) mass is 364 g/mol. The molecule has 4 nitrogen and oxygen atoms in total. The maximum atomic E-state index is 5.83. The van der Waals surface area contributed by atoms with Crippen LogP contribution in [0.2, 0.25) is 0 Å². The summed E-state index contributed by atoms with van der Waals surface area (Å²) in [4.78, 5) is 9.22. The molecule has 0 saturated carbocycles. The molecule has 2 heterocycles. The van der Waals surface area contributed by atoms with Gasteiger partial charge in [0.2, 0.25) is 11.8 Å². The third-order valence-electron chi connectivity index (χ3n) is 4.67. The number of hydrogen-bond acceptors (Lipinski definition) is 4. The Morgan fingerprint density at radius 3 is 1.36 bits per heavy atom. The van der Waals surface area contributed by atoms with Crippen molar-refractivity contribution in [2.24, 2.45) is 9.98 Å².